The Morgan fingerprint density at radius 2 is 1.64 bits per heavy atom. The van der Waals surface area contributed by atoms with Crippen LogP contribution in [0.3, 0.4) is 0 Å². The van der Waals surface area contributed by atoms with Crippen LogP contribution >= 0.6 is 0 Å². The molecule has 0 saturated carbocycles. The van der Waals surface area contributed by atoms with E-state index in [0.717, 1.165) is 11.3 Å². The maximum absolute atomic E-state index is 12.4. The Morgan fingerprint density at radius 3 is 2.12 bits per heavy atom. The third-order valence-corrected chi connectivity index (χ3v) is 4.46. The third kappa shape index (κ3) is 3.57. The van der Waals surface area contributed by atoms with Gasteiger partial charge in [0.25, 0.3) is 0 Å². The fourth-order valence-corrected chi connectivity index (χ4v) is 3.18. The Balaban J connectivity index is 2.61. The van der Waals surface area contributed by atoms with Crippen LogP contribution in [-0.4, -0.2) is 46.0 Å². The van der Waals surface area contributed by atoms with Crippen LogP contribution in [0.4, 0.5) is 5.69 Å². The van der Waals surface area contributed by atoms with Crippen molar-refractivity contribution < 1.29 is 19.1 Å². The fourth-order valence-electron chi connectivity index (χ4n) is 3.18. The highest BCUT2D eigenvalue weighted by molar-refractivity contribution is 6.06. The van der Waals surface area contributed by atoms with E-state index in [2.05, 4.69) is 4.99 Å². The van der Waals surface area contributed by atoms with Gasteiger partial charge in [0, 0.05) is 37.1 Å². The number of methoxy groups -OCH3 is 2. The largest absolute Gasteiger partial charge is 0.468 e. The van der Waals surface area contributed by atoms with E-state index in [1.54, 1.807) is 13.8 Å². The second kappa shape index (κ2) is 7.51. The number of carbonyl (C=O) groups excluding carboxylic acids is 2. The number of nitrogens with zero attached hydrogens (tertiary/aromatic N) is 2. The van der Waals surface area contributed by atoms with Crippen LogP contribution in [0, 0.1) is 5.92 Å². The topological polar surface area (TPSA) is 68.2 Å². The normalized spacial score (nSPS) is 20.0. The molecule has 2 atom stereocenters. The number of hydrogen-bond donors (Lipinski definition) is 0. The van der Waals surface area contributed by atoms with Crippen molar-refractivity contribution in [1.29, 1.82) is 0 Å². The number of hydrogen-bond acceptors (Lipinski definition) is 6. The van der Waals surface area contributed by atoms with Gasteiger partial charge < -0.3 is 14.4 Å². The molecule has 1 aliphatic rings. The van der Waals surface area contributed by atoms with Gasteiger partial charge in [-0.25, -0.2) is 4.79 Å². The first-order valence-electron chi connectivity index (χ1n) is 8.01. The minimum Gasteiger partial charge on any atom is -0.468 e. The van der Waals surface area contributed by atoms with Gasteiger partial charge in [0.05, 0.1) is 19.8 Å². The minimum atomic E-state index is -0.659. The summed E-state index contributed by atoms with van der Waals surface area (Å²) in [5.41, 5.74) is 3.45. The molecule has 0 fully saturated rings. The summed E-state index contributed by atoms with van der Waals surface area (Å²) in [5, 5.41) is 0. The number of rotatable bonds is 4. The van der Waals surface area contributed by atoms with Crippen molar-refractivity contribution in [3.8, 4) is 0 Å². The molecule has 0 aromatic heterocycles. The maximum atomic E-state index is 12.4. The zero-order valence-corrected chi connectivity index (χ0v) is 15.5. The molecule has 0 radical (unpaired) electrons. The lowest BCUT2D eigenvalue weighted by Gasteiger charge is -2.31. The Morgan fingerprint density at radius 1 is 1.04 bits per heavy atom. The summed E-state index contributed by atoms with van der Waals surface area (Å²) in [6.45, 7) is 3.53. The minimum absolute atomic E-state index is 0.390. The van der Waals surface area contributed by atoms with Gasteiger partial charge in [0.2, 0.25) is 0 Å². The van der Waals surface area contributed by atoms with E-state index in [1.807, 2.05) is 43.3 Å². The van der Waals surface area contributed by atoms with Crippen molar-refractivity contribution in [2.24, 2.45) is 10.9 Å². The van der Waals surface area contributed by atoms with Gasteiger partial charge in [0.1, 0.15) is 5.92 Å². The van der Waals surface area contributed by atoms with E-state index < -0.39 is 23.8 Å². The molecular formula is C19H24N2O4. The Labute approximate surface area is 148 Å². The van der Waals surface area contributed by atoms with Crippen LogP contribution in [0.25, 0.3) is 0 Å². The third-order valence-electron chi connectivity index (χ3n) is 4.46. The molecule has 134 valence electrons. The molecule has 1 aromatic rings. The quantitative estimate of drug-likeness (QED) is 0.785. The summed E-state index contributed by atoms with van der Waals surface area (Å²) < 4.78 is 9.91. The van der Waals surface area contributed by atoms with Crippen molar-refractivity contribution in [3.63, 3.8) is 0 Å². The lowest BCUT2D eigenvalue weighted by molar-refractivity contribution is -0.143. The number of benzene rings is 1. The summed E-state index contributed by atoms with van der Waals surface area (Å²) in [7, 11) is 6.57. The van der Waals surface area contributed by atoms with Crippen molar-refractivity contribution >= 4 is 23.3 Å². The molecule has 2 unspecified atom stereocenters. The molecule has 1 aromatic carbocycles. The summed E-state index contributed by atoms with van der Waals surface area (Å²) in [5.74, 6) is -2.05. The van der Waals surface area contributed by atoms with Gasteiger partial charge in [0.15, 0.2) is 0 Å². The molecule has 1 aliphatic heterocycles. The zero-order chi connectivity index (χ0) is 18.7. The summed E-state index contributed by atoms with van der Waals surface area (Å²) in [6, 6.07) is 7.75. The highest BCUT2D eigenvalue weighted by Crippen LogP contribution is 2.40. The lowest BCUT2D eigenvalue weighted by atomic mass is 9.75. The molecule has 6 nitrogen and oxygen atoms in total. The first-order chi connectivity index (χ1) is 11.8. The van der Waals surface area contributed by atoms with E-state index in [-0.39, 0.29) is 0 Å². The molecule has 0 spiro atoms. The van der Waals surface area contributed by atoms with E-state index in [1.165, 1.54) is 14.2 Å². The number of carbonyl (C=O) groups is 2. The van der Waals surface area contributed by atoms with Gasteiger partial charge in [-0.3, -0.25) is 9.79 Å². The van der Waals surface area contributed by atoms with Crippen molar-refractivity contribution in [2.75, 3.05) is 33.2 Å². The Kier molecular flexibility index (Phi) is 5.62. The Hall–Kier alpha value is -2.63. The highest BCUT2D eigenvalue weighted by atomic mass is 16.5. The van der Waals surface area contributed by atoms with Crippen molar-refractivity contribution in [1.82, 2.24) is 0 Å². The zero-order valence-electron chi connectivity index (χ0n) is 15.5. The second-order valence-corrected chi connectivity index (χ2v) is 6.21. The van der Waals surface area contributed by atoms with Gasteiger partial charge in [-0.2, -0.15) is 0 Å². The molecular weight excluding hydrogens is 320 g/mol. The van der Waals surface area contributed by atoms with Gasteiger partial charge in [-0.15, -0.1) is 0 Å². The first kappa shape index (κ1) is 18.7. The molecule has 2 rings (SSSR count). The first-order valence-corrected chi connectivity index (χ1v) is 8.01. The van der Waals surface area contributed by atoms with Gasteiger partial charge >= 0.3 is 11.9 Å². The fraction of sp³-hybridized carbons (Fsp3) is 0.421. The van der Waals surface area contributed by atoms with E-state index in [0.29, 0.717) is 17.0 Å². The van der Waals surface area contributed by atoms with Gasteiger partial charge in [-0.05, 0) is 31.5 Å². The van der Waals surface area contributed by atoms with Crippen LogP contribution in [0.15, 0.2) is 40.5 Å². The van der Waals surface area contributed by atoms with Crippen LogP contribution in [-0.2, 0) is 19.1 Å². The lowest BCUT2D eigenvalue weighted by Crippen LogP contribution is -2.36. The smallest absolute Gasteiger partial charge is 0.336 e. The standard InChI is InChI=1S/C19H24N2O4/c1-11-15(18(22)24-5)17(16(12(2)20-11)19(23)25-6)13-7-9-14(10-8-13)21(3)4/h7-10,15,17H,1-6H3. The van der Waals surface area contributed by atoms with E-state index in [9.17, 15) is 9.59 Å². The average Bonchev–Trinajstić information content (AvgIpc) is 2.60. The number of esters is 2. The molecule has 0 amide bonds. The SMILES string of the molecule is COC(=O)C1=C(C)N=C(C)C(C(=O)OC)C1c1ccc(N(C)C)cc1. The van der Waals surface area contributed by atoms with Crippen molar-refractivity contribution in [2.45, 2.75) is 19.8 Å². The predicted molar refractivity (Wildman–Crippen MR) is 96.8 cm³/mol. The molecule has 0 N–H and O–H groups in total. The highest BCUT2D eigenvalue weighted by Gasteiger charge is 2.41. The molecule has 0 aliphatic carbocycles. The Bertz CT molecular complexity index is 732. The van der Waals surface area contributed by atoms with Crippen LogP contribution < -0.4 is 4.90 Å². The van der Waals surface area contributed by atoms with Crippen LogP contribution in [0.1, 0.15) is 25.3 Å². The number of aliphatic imine (C=N–C) groups is 1. The monoisotopic (exact) mass is 344 g/mol. The molecule has 1 heterocycles. The van der Waals surface area contributed by atoms with E-state index >= 15 is 0 Å². The number of ether oxygens (including phenoxy) is 2. The summed E-state index contributed by atoms with van der Waals surface area (Å²) in [6.07, 6.45) is 0. The average molecular weight is 344 g/mol. The number of allylic oxidation sites excluding steroid dienone is 1. The molecule has 0 bridgehead atoms. The molecule has 6 heteroatoms. The second-order valence-electron chi connectivity index (χ2n) is 6.21. The van der Waals surface area contributed by atoms with Crippen LogP contribution in [0.2, 0.25) is 0 Å². The summed E-state index contributed by atoms with van der Waals surface area (Å²) >= 11 is 0. The van der Waals surface area contributed by atoms with Crippen LogP contribution in [0.5, 0.6) is 0 Å². The van der Waals surface area contributed by atoms with E-state index in [4.69, 9.17) is 9.47 Å². The number of anilines is 1. The summed E-state index contributed by atoms with van der Waals surface area (Å²) in [4.78, 5) is 31.2. The maximum Gasteiger partial charge on any atom is 0.336 e. The molecule has 0 saturated heterocycles. The predicted octanol–water partition coefficient (Wildman–Crippen LogP) is 2.55. The van der Waals surface area contributed by atoms with Crippen molar-refractivity contribution in [3.05, 3.63) is 41.1 Å². The van der Waals surface area contributed by atoms with Gasteiger partial charge in [-0.1, -0.05) is 12.1 Å². The molecule has 25 heavy (non-hydrogen) atoms.